The second-order valence-corrected chi connectivity index (χ2v) is 12.5. The Morgan fingerprint density at radius 1 is 1.20 bits per heavy atom. The molecule has 2 aromatic heterocycles. The molecule has 3 aromatic rings. The van der Waals surface area contributed by atoms with E-state index in [1.165, 1.54) is 39.6 Å². The van der Waals surface area contributed by atoms with Crippen LogP contribution in [0.25, 0.3) is 0 Å². The van der Waals surface area contributed by atoms with Gasteiger partial charge in [-0.25, -0.2) is 20.4 Å². The van der Waals surface area contributed by atoms with E-state index in [1.54, 1.807) is 24.5 Å². The third-order valence-corrected chi connectivity index (χ3v) is 9.64. The van der Waals surface area contributed by atoms with Gasteiger partial charge in [-0.2, -0.15) is 0 Å². The normalized spacial score (nSPS) is 18.5. The summed E-state index contributed by atoms with van der Waals surface area (Å²) in [5.74, 6) is 0.710. The zero-order chi connectivity index (χ0) is 32.4. The summed E-state index contributed by atoms with van der Waals surface area (Å²) in [5.41, 5.74) is 5.42. The molecule has 3 atom stereocenters. The molecule has 0 saturated carbocycles. The molecule has 1 fully saturated rings. The summed E-state index contributed by atoms with van der Waals surface area (Å²) < 4.78 is 1.37. The first-order valence-electron chi connectivity index (χ1n) is 12.7. The molecule has 1 aromatic carbocycles. The monoisotopic (exact) mass is 674 g/mol. The quantitative estimate of drug-likeness (QED) is 0.0273. The third kappa shape index (κ3) is 6.59. The lowest BCUT2D eigenvalue weighted by atomic mass is 10.0. The Labute approximate surface area is 266 Å². The molecule has 0 aliphatic carbocycles. The Bertz CT molecular complexity index is 1750. The highest BCUT2D eigenvalue weighted by atomic mass is 32.2. The van der Waals surface area contributed by atoms with Gasteiger partial charge in [-0.15, -0.1) is 34.9 Å². The van der Waals surface area contributed by atoms with Gasteiger partial charge in [0.25, 0.3) is 11.8 Å². The molecule has 16 nitrogen and oxygen atoms in total. The second kappa shape index (κ2) is 12.9. The number of carbonyl (C=O) groups excluding carboxylic acids is 2. The van der Waals surface area contributed by atoms with Gasteiger partial charge in [-0.1, -0.05) is 15.9 Å². The van der Waals surface area contributed by atoms with Gasteiger partial charge in [0, 0.05) is 39.5 Å². The summed E-state index contributed by atoms with van der Waals surface area (Å²) in [5, 5.41) is 46.0. The summed E-state index contributed by atoms with van der Waals surface area (Å²) in [6.07, 6.45) is 1.49. The standard InChI is InChI=1S/C26H23N7O9S3/c27-26-29-14(10-45-26)17(31-42-20(25(40)41)11-1-2-15(34)16(35)7-11)21(36)30-18-22(37)33-19(24(38)39)12(9-44-23(18)33)8-43-13-3-5-32(28)6-4-13/h1-7,10,18,20,23H,8-9,28H2,(H6-,27,29,30,31,34,35,36,38,39,40,41)/p+1/t18-,20+,23-/m1/s1. The molecular weight excluding hydrogens is 651 g/mol. The molecule has 2 amide bonds. The van der Waals surface area contributed by atoms with Gasteiger partial charge < -0.3 is 36.3 Å². The number of thioether (sulfide) groups is 2. The number of β-lactam (4-membered cyclic amide) rings is 1. The summed E-state index contributed by atoms with van der Waals surface area (Å²) >= 11 is 3.63. The van der Waals surface area contributed by atoms with Gasteiger partial charge >= 0.3 is 11.9 Å². The van der Waals surface area contributed by atoms with Crippen molar-refractivity contribution in [1.29, 1.82) is 0 Å². The molecule has 234 valence electrons. The fourth-order valence-electron chi connectivity index (χ4n) is 4.35. The zero-order valence-electron chi connectivity index (χ0n) is 22.8. The van der Waals surface area contributed by atoms with Crippen molar-refractivity contribution >= 4 is 69.5 Å². The molecule has 1 saturated heterocycles. The van der Waals surface area contributed by atoms with Gasteiger partial charge in [0.15, 0.2) is 34.7 Å². The van der Waals surface area contributed by atoms with Crippen molar-refractivity contribution in [3.05, 3.63) is 70.6 Å². The average Bonchev–Trinajstić information content (AvgIpc) is 3.43. The molecular formula is C26H24N7O9S3+. The number of aromatic nitrogens is 2. The first-order chi connectivity index (χ1) is 21.4. The van der Waals surface area contributed by atoms with Crippen LogP contribution in [0.2, 0.25) is 0 Å². The molecule has 0 bridgehead atoms. The highest BCUT2D eigenvalue weighted by molar-refractivity contribution is 8.01. The van der Waals surface area contributed by atoms with Crippen LogP contribution in [0, 0.1) is 0 Å². The minimum absolute atomic E-state index is 0.0665. The highest BCUT2D eigenvalue weighted by Gasteiger charge is 2.54. The first kappa shape index (κ1) is 31.4. The molecule has 9 N–H and O–H groups in total. The van der Waals surface area contributed by atoms with Crippen LogP contribution in [0.15, 0.2) is 69.4 Å². The van der Waals surface area contributed by atoms with Gasteiger partial charge in [0.05, 0.1) is 0 Å². The van der Waals surface area contributed by atoms with E-state index in [4.69, 9.17) is 16.4 Å². The van der Waals surface area contributed by atoms with Crippen molar-refractivity contribution in [2.45, 2.75) is 22.4 Å². The molecule has 45 heavy (non-hydrogen) atoms. The maximum atomic E-state index is 13.4. The lowest BCUT2D eigenvalue weighted by molar-refractivity contribution is -0.639. The fraction of sp³-hybridized carbons (Fsp3) is 0.192. The molecule has 5 rings (SSSR count). The Kier molecular flexibility index (Phi) is 9.02. The minimum Gasteiger partial charge on any atom is -0.504 e. The number of anilines is 1. The maximum absolute atomic E-state index is 13.4. The number of rotatable bonds is 11. The molecule has 2 aliphatic rings. The second-order valence-electron chi connectivity index (χ2n) is 9.47. The third-order valence-electron chi connectivity index (χ3n) is 6.53. The number of pyridine rings is 1. The van der Waals surface area contributed by atoms with Crippen molar-refractivity contribution < 1.29 is 49.1 Å². The number of benzene rings is 1. The topological polar surface area (TPSA) is 255 Å². The maximum Gasteiger partial charge on any atom is 0.352 e. The number of aromatic hydroxyl groups is 2. The molecule has 19 heteroatoms. The number of carbonyl (C=O) groups is 4. The largest absolute Gasteiger partial charge is 0.504 e. The number of nitrogens with two attached hydrogens (primary N) is 2. The Hall–Kier alpha value is -5.01. The number of carboxylic acid groups (broad SMARTS) is 2. The first-order valence-corrected chi connectivity index (χ1v) is 15.7. The number of aliphatic carboxylic acids is 2. The van der Waals surface area contributed by atoms with E-state index < -0.39 is 58.5 Å². The van der Waals surface area contributed by atoms with Crippen LogP contribution in [0.5, 0.6) is 11.5 Å². The number of oxime groups is 1. The summed E-state index contributed by atoms with van der Waals surface area (Å²) in [6, 6.07) is 5.61. The van der Waals surface area contributed by atoms with E-state index in [0.717, 1.165) is 33.3 Å². The van der Waals surface area contributed by atoms with Crippen molar-refractivity contribution in [2.75, 3.05) is 23.1 Å². The number of phenolic OH excluding ortho intramolecular Hbond substituents is 2. The summed E-state index contributed by atoms with van der Waals surface area (Å²) in [4.78, 5) is 62.0. The molecule has 2 aliphatic heterocycles. The molecule has 4 heterocycles. The number of hydrogen-bond acceptors (Lipinski definition) is 14. The number of phenols is 2. The van der Waals surface area contributed by atoms with Crippen molar-refractivity contribution in [1.82, 2.24) is 15.2 Å². The number of nitrogens with zero attached hydrogens (tertiary/aromatic N) is 4. The number of carboxylic acids is 2. The van der Waals surface area contributed by atoms with Crippen LogP contribution in [0.4, 0.5) is 5.13 Å². The summed E-state index contributed by atoms with van der Waals surface area (Å²) in [7, 11) is 0. The lowest BCUT2D eigenvalue weighted by Crippen LogP contribution is -2.71. The Morgan fingerprint density at radius 2 is 1.93 bits per heavy atom. The van der Waals surface area contributed by atoms with E-state index in [9.17, 15) is 39.6 Å². The Morgan fingerprint density at radius 3 is 2.56 bits per heavy atom. The van der Waals surface area contributed by atoms with Crippen LogP contribution in [-0.2, 0) is 24.0 Å². The number of hydrogen-bond donors (Lipinski definition) is 7. The summed E-state index contributed by atoms with van der Waals surface area (Å²) in [6.45, 7) is 0. The van der Waals surface area contributed by atoms with Crippen LogP contribution in [0.3, 0.4) is 0 Å². The predicted octanol–water partition coefficient (Wildman–Crippen LogP) is 0.215. The SMILES string of the molecule is Nc1nc(/C(=N/O[C@H](C(=O)O)c2ccc(O)c(O)c2)C(=O)N[C@@H]2C(=O)N3C(C(=O)O)=C(CSc4cc[n+](N)cc4)CS[C@H]23)cs1. The van der Waals surface area contributed by atoms with Crippen LogP contribution < -0.4 is 21.6 Å². The van der Waals surface area contributed by atoms with Gasteiger partial charge in [0.2, 0.25) is 6.10 Å². The lowest BCUT2D eigenvalue weighted by Gasteiger charge is -2.49. The number of fused-ring (bicyclic) bond motifs is 1. The highest BCUT2D eigenvalue weighted by Crippen LogP contribution is 2.41. The van der Waals surface area contributed by atoms with E-state index in [-0.39, 0.29) is 27.8 Å². The van der Waals surface area contributed by atoms with Crippen molar-refractivity contribution in [3.63, 3.8) is 0 Å². The molecule has 0 unspecified atom stereocenters. The number of nitrogens with one attached hydrogen (secondary N) is 1. The van der Waals surface area contributed by atoms with E-state index in [0.29, 0.717) is 11.3 Å². The van der Waals surface area contributed by atoms with Gasteiger partial charge in [-0.3, -0.25) is 14.5 Å². The molecule has 0 radical (unpaired) electrons. The number of thiazole rings is 1. The minimum atomic E-state index is -1.81. The fourth-order valence-corrected chi connectivity index (χ4v) is 7.27. The van der Waals surface area contributed by atoms with E-state index in [1.807, 2.05) is 0 Å². The number of amides is 2. The molecule has 0 spiro atoms. The van der Waals surface area contributed by atoms with Crippen LogP contribution in [-0.4, -0.2) is 82.7 Å². The van der Waals surface area contributed by atoms with Gasteiger partial charge in [-0.05, 0) is 17.7 Å². The van der Waals surface area contributed by atoms with E-state index in [2.05, 4.69) is 15.5 Å². The van der Waals surface area contributed by atoms with Crippen LogP contribution >= 0.6 is 34.9 Å². The zero-order valence-corrected chi connectivity index (χ0v) is 25.2. The van der Waals surface area contributed by atoms with E-state index >= 15 is 0 Å². The average molecular weight is 675 g/mol. The van der Waals surface area contributed by atoms with Crippen molar-refractivity contribution in [3.8, 4) is 11.5 Å². The Balaban J connectivity index is 1.34. The smallest absolute Gasteiger partial charge is 0.352 e. The van der Waals surface area contributed by atoms with Crippen molar-refractivity contribution in [2.24, 2.45) is 5.16 Å². The predicted molar refractivity (Wildman–Crippen MR) is 161 cm³/mol. The van der Waals surface area contributed by atoms with Gasteiger partial charge in [0.1, 0.15) is 22.8 Å². The van der Waals surface area contributed by atoms with Crippen LogP contribution in [0.1, 0.15) is 17.4 Å². The number of nitrogen functional groups attached to an aromatic ring is 2.